The average molecular weight is 308 g/mol. The first kappa shape index (κ1) is 14.0. The predicted molar refractivity (Wildman–Crippen MR) is 70.8 cm³/mol. The van der Waals surface area contributed by atoms with Gasteiger partial charge in [-0.2, -0.15) is 0 Å². The van der Waals surface area contributed by atoms with E-state index >= 15 is 0 Å². The minimum Gasteiger partial charge on any atom is -0.424 e. The lowest BCUT2D eigenvalue weighted by atomic mass is 9.98. The number of carbonyl (C=O) groups excluding carboxylic acids is 1. The lowest BCUT2D eigenvalue weighted by molar-refractivity contribution is -0.343. The topological polar surface area (TPSA) is 72.5 Å². The number of rotatable bonds is 2. The molecule has 118 valence electrons. The second-order valence-electron chi connectivity index (χ2n) is 5.37. The third-order valence-corrected chi connectivity index (χ3v) is 4.05. The monoisotopic (exact) mass is 308 g/mol. The van der Waals surface area contributed by atoms with E-state index in [0.29, 0.717) is 6.61 Å². The summed E-state index contributed by atoms with van der Waals surface area (Å²) in [7, 11) is 1.49. The van der Waals surface area contributed by atoms with Gasteiger partial charge in [-0.25, -0.2) is 4.79 Å². The Morgan fingerprint density at radius 3 is 2.59 bits per heavy atom. The number of methoxy groups -OCH3 is 1. The van der Waals surface area contributed by atoms with Crippen LogP contribution in [0, 0.1) is 0 Å². The second-order valence-corrected chi connectivity index (χ2v) is 5.37. The molecule has 3 heterocycles. The van der Waals surface area contributed by atoms with Crippen molar-refractivity contribution in [2.24, 2.45) is 0 Å². The van der Waals surface area contributed by atoms with E-state index in [2.05, 4.69) is 0 Å². The van der Waals surface area contributed by atoms with Gasteiger partial charge in [-0.3, -0.25) is 0 Å². The minimum atomic E-state index is -0.729. The van der Waals surface area contributed by atoms with Crippen molar-refractivity contribution in [1.29, 1.82) is 0 Å². The summed E-state index contributed by atoms with van der Waals surface area (Å²) in [5.74, 6) is 0. The molecule has 0 saturated carbocycles. The maximum absolute atomic E-state index is 11.5. The molecule has 3 aliphatic heterocycles. The highest BCUT2D eigenvalue weighted by Crippen LogP contribution is 2.38. The molecule has 1 unspecified atom stereocenters. The normalized spacial score (nSPS) is 40.3. The summed E-state index contributed by atoms with van der Waals surface area (Å²) in [6, 6.07) is 9.58. The van der Waals surface area contributed by atoms with Crippen molar-refractivity contribution in [1.82, 2.24) is 0 Å². The molecule has 0 aromatic heterocycles. The van der Waals surface area contributed by atoms with E-state index in [0.717, 1.165) is 5.56 Å². The van der Waals surface area contributed by atoms with Gasteiger partial charge < -0.3 is 28.4 Å². The van der Waals surface area contributed by atoms with Crippen LogP contribution < -0.4 is 0 Å². The van der Waals surface area contributed by atoms with E-state index in [1.54, 1.807) is 0 Å². The first-order chi connectivity index (χ1) is 10.8. The van der Waals surface area contributed by atoms with Crippen LogP contribution in [0.3, 0.4) is 0 Å². The van der Waals surface area contributed by atoms with Crippen molar-refractivity contribution in [3.63, 3.8) is 0 Å². The van der Waals surface area contributed by atoms with Crippen LogP contribution in [0.25, 0.3) is 0 Å². The molecule has 7 nitrogen and oxygen atoms in total. The highest BCUT2D eigenvalue weighted by atomic mass is 16.8. The molecule has 0 aliphatic carbocycles. The molecule has 6 atom stereocenters. The predicted octanol–water partition coefficient (Wildman–Crippen LogP) is 1.38. The van der Waals surface area contributed by atoms with Crippen molar-refractivity contribution in [2.45, 2.75) is 37.0 Å². The Labute approximate surface area is 127 Å². The Kier molecular flexibility index (Phi) is 3.50. The first-order valence-electron chi connectivity index (χ1n) is 7.14. The Balaban J connectivity index is 1.56. The van der Waals surface area contributed by atoms with Crippen LogP contribution in [0.4, 0.5) is 4.79 Å². The molecule has 4 rings (SSSR count). The number of fused-ring (bicyclic) bond motifs is 3. The van der Waals surface area contributed by atoms with E-state index in [1.807, 2.05) is 30.3 Å². The molecule has 0 amide bonds. The fraction of sp³-hybridized carbons (Fsp3) is 0.533. The van der Waals surface area contributed by atoms with E-state index in [1.165, 1.54) is 7.11 Å². The molecule has 3 aliphatic rings. The molecule has 22 heavy (non-hydrogen) atoms. The van der Waals surface area contributed by atoms with Gasteiger partial charge in [0.15, 0.2) is 24.8 Å². The number of ether oxygens (including phenoxy) is 6. The maximum Gasteiger partial charge on any atom is 0.509 e. The van der Waals surface area contributed by atoms with Gasteiger partial charge in [-0.05, 0) is 0 Å². The van der Waals surface area contributed by atoms with Crippen LogP contribution in [0.2, 0.25) is 0 Å². The van der Waals surface area contributed by atoms with Crippen LogP contribution in [-0.4, -0.2) is 50.6 Å². The summed E-state index contributed by atoms with van der Waals surface area (Å²) in [6.45, 7) is 0.324. The maximum atomic E-state index is 11.5. The highest BCUT2D eigenvalue weighted by Gasteiger charge is 2.57. The average Bonchev–Trinajstić information content (AvgIpc) is 2.96. The van der Waals surface area contributed by atoms with Gasteiger partial charge in [0, 0.05) is 12.7 Å². The van der Waals surface area contributed by atoms with E-state index in [9.17, 15) is 4.79 Å². The van der Waals surface area contributed by atoms with Crippen LogP contribution in [0.5, 0.6) is 0 Å². The van der Waals surface area contributed by atoms with Crippen LogP contribution in [0.15, 0.2) is 30.3 Å². The minimum absolute atomic E-state index is 0.324. The molecule has 0 N–H and O–H groups in total. The first-order valence-corrected chi connectivity index (χ1v) is 7.14. The Morgan fingerprint density at radius 1 is 1.05 bits per heavy atom. The van der Waals surface area contributed by atoms with Gasteiger partial charge >= 0.3 is 6.16 Å². The van der Waals surface area contributed by atoms with E-state index in [-0.39, 0.29) is 6.10 Å². The zero-order valence-corrected chi connectivity index (χ0v) is 11.9. The van der Waals surface area contributed by atoms with Gasteiger partial charge in [0.1, 0.15) is 12.2 Å². The molecule has 7 heteroatoms. The lowest BCUT2D eigenvalue weighted by Crippen LogP contribution is -2.61. The summed E-state index contributed by atoms with van der Waals surface area (Å²) >= 11 is 0. The third-order valence-electron chi connectivity index (χ3n) is 4.05. The zero-order valence-electron chi connectivity index (χ0n) is 11.9. The van der Waals surface area contributed by atoms with Crippen molar-refractivity contribution >= 4 is 6.16 Å². The fourth-order valence-electron chi connectivity index (χ4n) is 3.03. The summed E-state index contributed by atoms with van der Waals surface area (Å²) < 4.78 is 33.0. The van der Waals surface area contributed by atoms with Gasteiger partial charge in [-0.1, -0.05) is 30.3 Å². The highest BCUT2D eigenvalue weighted by molar-refractivity contribution is 5.63. The van der Waals surface area contributed by atoms with Crippen molar-refractivity contribution in [3.8, 4) is 0 Å². The van der Waals surface area contributed by atoms with Crippen LogP contribution >= 0.6 is 0 Å². The smallest absolute Gasteiger partial charge is 0.424 e. The van der Waals surface area contributed by atoms with Crippen LogP contribution in [-0.2, 0) is 28.4 Å². The number of hydrogen-bond donors (Lipinski definition) is 0. The van der Waals surface area contributed by atoms with Gasteiger partial charge in [-0.15, -0.1) is 0 Å². The zero-order chi connectivity index (χ0) is 15.1. The third kappa shape index (κ3) is 2.26. The number of benzene rings is 1. The standard InChI is InChI=1S/C15H16O7/c1-17-14-12-11(21-15(16)22-12)10-9(19-14)7-18-13(20-10)8-5-3-2-4-6-8/h2-6,9-14H,7H2,1H3/t9-,10+,11+,12-,13?,14+/m1/s1. The van der Waals surface area contributed by atoms with Crippen molar-refractivity contribution in [3.05, 3.63) is 35.9 Å². The van der Waals surface area contributed by atoms with Gasteiger partial charge in [0.05, 0.1) is 6.61 Å². The molecule has 1 aromatic rings. The van der Waals surface area contributed by atoms with E-state index in [4.69, 9.17) is 28.4 Å². The molecule has 3 saturated heterocycles. The molecule has 3 fully saturated rings. The van der Waals surface area contributed by atoms with Crippen LogP contribution in [0.1, 0.15) is 11.9 Å². The van der Waals surface area contributed by atoms with E-state index < -0.39 is 37.0 Å². The fourth-order valence-corrected chi connectivity index (χ4v) is 3.03. The van der Waals surface area contributed by atoms with Crippen molar-refractivity contribution in [2.75, 3.05) is 13.7 Å². The second kappa shape index (κ2) is 5.51. The Bertz CT molecular complexity index is 548. The van der Waals surface area contributed by atoms with Gasteiger partial charge in [0.2, 0.25) is 0 Å². The molecule has 0 bridgehead atoms. The molecular weight excluding hydrogens is 292 g/mol. The number of carbonyl (C=O) groups is 1. The summed E-state index contributed by atoms with van der Waals surface area (Å²) in [5, 5.41) is 0. The molecule has 0 radical (unpaired) electrons. The molecule has 1 aromatic carbocycles. The number of hydrogen-bond acceptors (Lipinski definition) is 7. The van der Waals surface area contributed by atoms with Crippen molar-refractivity contribution < 1.29 is 33.2 Å². The summed E-state index contributed by atoms with van der Waals surface area (Å²) in [5.41, 5.74) is 0.900. The molecule has 0 spiro atoms. The largest absolute Gasteiger partial charge is 0.509 e. The summed E-state index contributed by atoms with van der Waals surface area (Å²) in [6.07, 6.45) is -3.96. The Hall–Kier alpha value is -1.67. The van der Waals surface area contributed by atoms with Gasteiger partial charge in [0.25, 0.3) is 0 Å². The SMILES string of the molecule is CO[C@H]1O[C@@H]2COC(c3ccccc3)O[C@@H]2[C@@H]2OC(=O)O[C@@H]12. The quantitative estimate of drug-likeness (QED) is 0.764. The summed E-state index contributed by atoms with van der Waals surface area (Å²) in [4.78, 5) is 11.5. The Morgan fingerprint density at radius 2 is 1.82 bits per heavy atom. The lowest BCUT2D eigenvalue weighted by Gasteiger charge is -2.44. The molecular formula is C15H16O7.